The van der Waals surface area contributed by atoms with E-state index in [0.717, 1.165) is 69.2 Å². The van der Waals surface area contributed by atoms with Gasteiger partial charge in [-0.05, 0) is 42.5 Å². The maximum atomic E-state index is 13.0. The highest BCUT2D eigenvalue weighted by molar-refractivity contribution is 7.10. The first-order chi connectivity index (χ1) is 14.7. The summed E-state index contributed by atoms with van der Waals surface area (Å²) in [6, 6.07) is 10.5. The van der Waals surface area contributed by atoms with E-state index in [1.807, 2.05) is 18.2 Å². The number of hydrogen-bond donors (Lipinski definition) is 0. The van der Waals surface area contributed by atoms with Crippen molar-refractivity contribution in [3.8, 4) is 11.5 Å². The quantitative estimate of drug-likeness (QED) is 0.676. The second-order valence-corrected chi connectivity index (χ2v) is 8.97. The molecule has 2 fully saturated rings. The summed E-state index contributed by atoms with van der Waals surface area (Å²) in [7, 11) is 3.39. The maximum Gasteiger partial charge on any atom is 0.237 e. The molecule has 1 aromatic carbocycles. The van der Waals surface area contributed by atoms with Crippen LogP contribution >= 0.6 is 11.3 Å². The van der Waals surface area contributed by atoms with E-state index in [0.29, 0.717) is 6.54 Å². The minimum absolute atomic E-state index is 0.272. The van der Waals surface area contributed by atoms with Crippen LogP contribution in [0.1, 0.15) is 29.3 Å². The third kappa shape index (κ3) is 4.79. The van der Waals surface area contributed by atoms with Gasteiger partial charge in [-0.3, -0.25) is 14.6 Å². The summed E-state index contributed by atoms with van der Waals surface area (Å²) in [6.45, 7) is 5.96. The number of carbonyl (C=O) groups excluding carboxylic acids is 1. The molecule has 2 aliphatic rings. The molecule has 0 spiro atoms. The van der Waals surface area contributed by atoms with Crippen molar-refractivity contribution in [2.24, 2.45) is 0 Å². The molecule has 2 saturated heterocycles. The number of thiophene rings is 1. The van der Waals surface area contributed by atoms with Crippen molar-refractivity contribution in [1.82, 2.24) is 14.7 Å². The fraction of sp³-hybridized carbons (Fsp3) is 0.522. The van der Waals surface area contributed by atoms with Crippen LogP contribution in [-0.2, 0) is 11.3 Å². The first-order valence-corrected chi connectivity index (χ1v) is 11.5. The molecule has 162 valence electrons. The molecule has 1 amide bonds. The van der Waals surface area contributed by atoms with E-state index in [1.54, 1.807) is 25.6 Å². The summed E-state index contributed by atoms with van der Waals surface area (Å²) in [6.07, 6.45) is 2.19. The lowest BCUT2D eigenvalue weighted by atomic mass is 10.1. The van der Waals surface area contributed by atoms with Gasteiger partial charge in [0.2, 0.25) is 5.91 Å². The van der Waals surface area contributed by atoms with Gasteiger partial charge in [0.05, 0.1) is 26.8 Å². The third-order valence-electron chi connectivity index (χ3n) is 6.15. The van der Waals surface area contributed by atoms with Gasteiger partial charge >= 0.3 is 0 Å². The maximum absolute atomic E-state index is 13.0. The van der Waals surface area contributed by atoms with Gasteiger partial charge in [0.15, 0.2) is 0 Å². The Kier molecular flexibility index (Phi) is 6.92. The van der Waals surface area contributed by atoms with Crippen LogP contribution in [0.15, 0.2) is 35.7 Å². The average Bonchev–Trinajstić information content (AvgIpc) is 3.46. The van der Waals surface area contributed by atoms with E-state index in [2.05, 4.69) is 32.2 Å². The smallest absolute Gasteiger partial charge is 0.237 e. The molecular weight excluding hydrogens is 398 g/mol. The summed E-state index contributed by atoms with van der Waals surface area (Å²) < 4.78 is 10.9. The zero-order valence-electron chi connectivity index (χ0n) is 17.9. The van der Waals surface area contributed by atoms with Crippen LogP contribution in [0.5, 0.6) is 11.5 Å². The topological polar surface area (TPSA) is 45.3 Å². The normalized spacial score (nSPS) is 20.5. The van der Waals surface area contributed by atoms with Crippen LogP contribution in [0.4, 0.5) is 0 Å². The Morgan fingerprint density at radius 1 is 1.07 bits per heavy atom. The number of nitrogens with zero attached hydrogens (tertiary/aromatic N) is 3. The Morgan fingerprint density at radius 2 is 1.87 bits per heavy atom. The molecule has 7 heteroatoms. The second kappa shape index (κ2) is 9.81. The van der Waals surface area contributed by atoms with Crippen molar-refractivity contribution < 1.29 is 14.3 Å². The molecule has 6 nitrogen and oxygen atoms in total. The van der Waals surface area contributed by atoms with Crippen LogP contribution in [0.2, 0.25) is 0 Å². The predicted octanol–water partition coefficient (Wildman–Crippen LogP) is 3.25. The second-order valence-electron chi connectivity index (χ2n) is 7.99. The molecule has 0 aliphatic carbocycles. The number of benzene rings is 1. The largest absolute Gasteiger partial charge is 0.497 e. The van der Waals surface area contributed by atoms with Crippen LogP contribution in [0.3, 0.4) is 0 Å². The Bertz CT molecular complexity index is 834. The highest BCUT2D eigenvalue weighted by Gasteiger charge is 2.31. The molecule has 2 aromatic rings. The Morgan fingerprint density at radius 3 is 2.57 bits per heavy atom. The summed E-state index contributed by atoms with van der Waals surface area (Å²) in [5.74, 6) is 2.01. The van der Waals surface area contributed by atoms with Gasteiger partial charge in [-0.15, -0.1) is 11.3 Å². The molecule has 2 aliphatic heterocycles. The zero-order chi connectivity index (χ0) is 20.9. The van der Waals surface area contributed by atoms with E-state index in [1.165, 1.54) is 4.88 Å². The van der Waals surface area contributed by atoms with Gasteiger partial charge in [-0.1, -0.05) is 6.07 Å². The molecule has 30 heavy (non-hydrogen) atoms. The SMILES string of the molecule is COc1ccc(OC)c(CN2CCN(CC(=O)N3CCCC3c3cccs3)CC2)c1. The van der Waals surface area contributed by atoms with E-state index < -0.39 is 0 Å². The predicted molar refractivity (Wildman–Crippen MR) is 119 cm³/mol. The lowest BCUT2D eigenvalue weighted by Crippen LogP contribution is -2.49. The van der Waals surface area contributed by atoms with Crippen molar-refractivity contribution in [2.75, 3.05) is 53.5 Å². The van der Waals surface area contributed by atoms with E-state index >= 15 is 0 Å². The lowest BCUT2D eigenvalue weighted by molar-refractivity contribution is -0.133. The third-order valence-corrected chi connectivity index (χ3v) is 7.12. The number of ether oxygens (including phenoxy) is 2. The van der Waals surface area contributed by atoms with Gasteiger partial charge in [0, 0.05) is 49.7 Å². The molecule has 1 atom stereocenters. The fourth-order valence-electron chi connectivity index (χ4n) is 4.48. The van der Waals surface area contributed by atoms with Crippen LogP contribution in [0, 0.1) is 0 Å². The van der Waals surface area contributed by atoms with Crippen LogP contribution in [-0.4, -0.2) is 74.1 Å². The van der Waals surface area contributed by atoms with E-state index in [-0.39, 0.29) is 11.9 Å². The lowest BCUT2D eigenvalue weighted by Gasteiger charge is -2.35. The number of carbonyl (C=O) groups is 1. The van der Waals surface area contributed by atoms with Gasteiger partial charge in [-0.2, -0.15) is 0 Å². The highest BCUT2D eigenvalue weighted by atomic mass is 32.1. The standard InChI is InChI=1S/C23H31N3O3S/c1-28-19-7-8-21(29-2)18(15-19)16-24-10-12-25(13-11-24)17-23(27)26-9-3-5-20(26)22-6-4-14-30-22/h4,6-8,14-15,20H,3,5,9-13,16-17H2,1-2H3. The van der Waals surface area contributed by atoms with E-state index in [9.17, 15) is 4.79 Å². The minimum Gasteiger partial charge on any atom is -0.497 e. The van der Waals surface area contributed by atoms with Gasteiger partial charge in [-0.25, -0.2) is 0 Å². The van der Waals surface area contributed by atoms with Crippen molar-refractivity contribution in [3.63, 3.8) is 0 Å². The van der Waals surface area contributed by atoms with Gasteiger partial charge in [0.25, 0.3) is 0 Å². The number of rotatable bonds is 7. The van der Waals surface area contributed by atoms with Crippen LogP contribution < -0.4 is 9.47 Å². The highest BCUT2D eigenvalue weighted by Crippen LogP contribution is 2.34. The summed E-state index contributed by atoms with van der Waals surface area (Å²) in [4.78, 5) is 21.1. The summed E-state index contributed by atoms with van der Waals surface area (Å²) in [5.41, 5.74) is 1.14. The molecule has 0 N–H and O–H groups in total. The number of hydrogen-bond acceptors (Lipinski definition) is 6. The van der Waals surface area contributed by atoms with Crippen molar-refractivity contribution in [3.05, 3.63) is 46.2 Å². The van der Waals surface area contributed by atoms with E-state index in [4.69, 9.17) is 9.47 Å². The van der Waals surface area contributed by atoms with Crippen molar-refractivity contribution >= 4 is 17.2 Å². The number of amides is 1. The Balaban J connectivity index is 1.29. The zero-order valence-corrected chi connectivity index (χ0v) is 18.7. The number of methoxy groups -OCH3 is 2. The average molecular weight is 430 g/mol. The Labute approximate surface area is 183 Å². The molecular formula is C23H31N3O3S. The van der Waals surface area contributed by atoms with Gasteiger partial charge in [0.1, 0.15) is 11.5 Å². The minimum atomic E-state index is 0.272. The molecule has 1 unspecified atom stereocenters. The first kappa shape index (κ1) is 21.2. The molecule has 0 radical (unpaired) electrons. The Hall–Kier alpha value is -2.09. The number of piperazine rings is 1. The molecule has 3 heterocycles. The molecule has 4 rings (SSSR count). The van der Waals surface area contributed by atoms with Crippen molar-refractivity contribution in [2.45, 2.75) is 25.4 Å². The first-order valence-electron chi connectivity index (χ1n) is 10.7. The monoisotopic (exact) mass is 429 g/mol. The summed E-state index contributed by atoms with van der Waals surface area (Å²) >= 11 is 1.76. The molecule has 0 saturated carbocycles. The fourth-order valence-corrected chi connectivity index (χ4v) is 5.35. The van der Waals surface area contributed by atoms with Crippen molar-refractivity contribution in [1.29, 1.82) is 0 Å². The summed E-state index contributed by atoms with van der Waals surface area (Å²) in [5, 5.41) is 2.10. The van der Waals surface area contributed by atoms with Gasteiger partial charge < -0.3 is 14.4 Å². The molecule has 1 aromatic heterocycles. The van der Waals surface area contributed by atoms with Crippen LogP contribution in [0.25, 0.3) is 0 Å². The number of likely N-dealkylation sites (tertiary alicyclic amines) is 1. The molecule has 0 bridgehead atoms.